The Hall–Kier alpha value is -0.120. The summed E-state index contributed by atoms with van der Waals surface area (Å²) >= 11 is 0. The third-order valence-electron chi connectivity index (χ3n) is 2.05. The first kappa shape index (κ1) is 7.98. The molecule has 0 aromatic carbocycles. The lowest BCUT2D eigenvalue weighted by molar-refractivity contribution is 0.0345. The fourth-order valence-corrected chi connectivity index (χ4v) is 1.34. The lowest BCUT2D eigenvalue weighted by atomic mass is 9.96. The van der Waals surface area contributed by atoms with Crippen LogP contribution in [-0.2, 0) is 4.84 Å². The van der Waals surface area contributed by atoms with Gasteiger partial charge in [-0.1, -0.05) is 6.92 Å². The molecule has 3 heteroatoms. The fraction of sp³-hybridized carbons (Fsp3) is 1.00. The lowest BCUT2D eigenvalue weighted by Crippen LogP contribution is -2.45. The predicted octanol–water partition coefficient (Wildman–Crippen LogP) is 0.135. The molecule has 0 bridgehead atoms. The second-order valence-corrected chi connectivity index (χ2v) is 2.90. The zero-order valence-corrected chi connectivity index (χ0v) is 6.68. The van der Waals surface area contributed by atoms with Crippen LogP contribution >= 0.6 is 0 Å². The second kappa shape index (κ2) is 3.91. The molecular formula is C7H16N2O. The van der Waals surface area contributed by atoms with Crippen LogP contribution in [-0.4, -0.2) is 26.2 Å². The number of piperidine rings is 1. The van der Waals surface area contributed by atoms with Gasteiger partial charge in [-0.3, -0.25) is 0 Å². The molecule has 1 fully saturated rings. The summed E-state index contributed by atoms with van der Waals surface area (Å²) in [4.78, 5) is 4.87. The molecule has 0 amide bonds. The molecule has 0 aromatic heterocycles. The van der Waals surface area contributed by atoms with E-state index < -0.39 is 0 Å². The first-order valence-corrected chi connectivity index (χ1v) is 3.84. The number of hydroxylamine groups is 1. The first-order valence-electron chi connectivity index (χ1n) is 3.84. The minimum Gasteiger partial charge on any atom is -0.316 e. The van der Waals surface area contributed by atoms with E-state index in [9.17, 15) is 0 Å². The Morgan fingerprint density at radius 2 is 2.40 bits per heavy atom. The third-order valence-corrected chi connectivity index (χ3v) is 2.05. The summed E-state index contributed by atoms with van der Waals surface area (Å²) in [6.07, 6.45) is 1.16. The van der Waals surface area contributed by atoms with Crippen molar-refractivity contribution in [2.45, 2.75) is 19.4 Å². The summed E-state index contributed by atoms with van der Waals surface area (Å²) in [5.41, 5.74) is 2.99. The summed E-state index contributed by atoms with van der Waals surface area (Å²) in [5.74, 6) is 0.675. The Kier molecular flexibility index (Phi) is 3.12. The van der Waals surface area contributed by atoms with Gasteiger partial charge in [0.25, 0.3) is 0 Å². The Balaban J connectivity index is 2.25. The van der Waals surface area contributed by atoms with Gasteiger partial charge in [0.2, 0.25) is 0 Å². The van der Waals surface area contributed by atoms with Crippen molar-refractivity contribution in [3.63, 3.8) is 0 Å². The Labute approximate surface area is 62.1 Å². The molecule has 0 aliphatic carbocycles. The largest absolute Gasteiger partial charge is 0.316 e. The van der Waals surface area contributed by atoms with Crippen LogP contribution in [0.1, 0.15) is 13.3 Å². The van der Waals surface area contributed by atoms with Crippen LogP contribution in [0.2, 0.25) is 0 Å². The minimum atomic E-state index is 0.534. The monoisotopic (exact) mass is 144 g/mol. The summed E-state index contributed by atoms with van der Waals surface area (Å²) in [6, 6.07) is 0.534. The molecule has 60 valence electrons. The van der Waals surface area contributed by atoms with E-state index in [2.05, 4.69) is 17.7 Å². The van der Waals surface area contributed by atoms with E-state index >= 15 is 0 Å². The molecule has 2 atom stereocenters. The van der Waals surface area contributed by atoms with Crippen LogP contribution in [0.4, 0.5) is 0 Å². The van der Waals surface area contributed by atoms with Crippen molar-refractivity contribution in [3.05, 3.63) is 0 Å². The smallest absolute Gasteiger partial charge is 0.0572 e. The molecular weight excluding hydrogens is 128 g/mol. The average molecular weight is 144 g/mol. The number of rotatable bonds is 2. The van der Waals surface area contributed by atoms with Crippen LogP contribution in [0.15, 0.2) is 0 Å². The number of nitrogens with one attached hydrogen (secondary N) is 2. The highest BCUT2D eigenvalue weighted by atomic mass is 16.6. The van der Waals surface area contributed by atoms with Crippen molar-refractivity contribution < 1.29 is 4.84 Å². The molecule has 3 nitrogen and oxygen atoms in total. The summed E-state index contributed by atoms with van der Waals surface area (Å²) in [5, 5.41) is 3.33. The summed E-state index contributed by atoms with van der Waals surface area (Å²) in [6.45, 7) is 4.43. The summed E-state index contributed by atoms with van der Waals surface area (Å²) < 4.78 is 0. The van der Waals surface area contributed by atoms with E-state index in [1.54, 1.807) is 7.11 Å². The van der Waals surface area contributed by atoms with E-state index in [-0.39, 0.29) is 0 Å². The highest BCUT2D eigenvalue weighted by Crippen LogP contribution is 2.09. The molecule has 0 saturated carbocycles. The zero-order chi connectivity index (χ0) is 7.40. The van der Waals surface area contributed by atoms with Gasteiger partial charge in [-0.15, -0.1) is 0 Å². The van der Waals surface area contributed by atoms with E-state index in [4.69, 9.17) is 4.84 Å². The molecule has 1 saturated heterocycles. The molecule has 1 rings (SSSR count). The van der Waals surface area contributed by atoms with Crippen LogP contribution in [0, 0.1) is 5.92 Å². The molecule has 10 heavy (non-hydrogen) atoms. The average Bonchev–Trinajstić information content (AvgIpc) is 1.94. The van der Waals surface area contributed by atoms with Gasteiger partial charge in [0, 0.05) is 6.04 Å². The van der Waals surface area contributed by atoms with Gasteiger partial charge >= 0.3 is 0 Å². The van der Waals surface area contributed by atoms with Crippen molar-refractivity contribution in [2.75, 3.05) is 20.2 Å². The van der Waals surface area contributed by atoms with Crippen LogP contribution in [0.5, 0.6) is 0 Å². The molecule has 1 heterocycles. The number of hydrogen-bond donors (Lipinski definition) is 2. The van der Waals surface area contributed by atoms with Crippen molar-refractivity contribution >= 4 is 0 Å². The maximum absolute atomic E-state index is 4.87. The molecule has 1 aliphatic rings. The number of hydrogen-bond acceptors (Lipinski definition) is 3. The van der Waals surface area contributed by atoms with Crippen molar-refractivity contribution in [2.24, 2.45) is 5.92 Å². The van der Waals surface area contributed by atoms with Gasteiger partial charge in [0.15, 0.2) is 0 Å². The van der Waals surface area contributed by atoms with E-state index in [1.165, 1.54) is 0 Å². The van der Waals surface area contributed by atoms with E-state index in [1.807, 2.05) is 0 Å². The molecule has 1 aliphatic heterocycles. The molecule has 2 N–H and O–H groups in total. The zero-order valence-electron chi connectivity index (χ0n) is 6.68. The van der Waals surface area contributed by atoms with Gasteiger partial charge < -0.3 is 10.2 Å². The normalized spacial score (nSPS) is 34.2. The molecule has 2 unspecified atom stereocenters. The third kappa shape index (κ3) is 1.94. The second-order valence-electron chi connectivity index (χ2n) is 2.90. The van der Waals surface area contributed by atoms with E-state index in [0.717, 1.165) is 19.5 Å². The van der Waals surface area contributed by atoms with Gasteiger partial charge in [-0.25, -0.2) is 0 Å². The lowest BCUT2D eigenvalue weighted by Gasteiger charge is -2.29. The molecule has 0 aromatic rings. The molecule has 0 radical (unpaired) electrons. The van der Waals surface area contributed by atoms with Crippen molar-refractivity contribution in [3.8, 4) is 0 Å². The van der Waals surface area contributed by atoms with Gasteiger partial charge in [-0.2, -0.15) is 5.48 Å². The van der Waals surface area contributed by atoms with Crippen LogP contribution in [0.25, 0.3) is 0 Å². The summed E-state index contributed by atoms with van der Waals surface area (Å²) in [7, 11) is 1.68. The van der Waals surface area contributed by atoms with Crippen molar-refractivity contribution in [1.82, 2.24) is 10.8 Å². The van der Waals surface area contributed by atoms with E-state index in [0.29, 0.717) is 12.0 Å². The Bertz CT molecular complexity index is 95.6. The molecule has 0 spiro atoms. The highest BCUT2D eigenvalue weighted by Gasteiger charge is 2.19. The standard InChI is InChI=1S/C7H16N2O/c1-6-5-8-4-3-7(6)9-10-2/h6-9H,3-5H2,1-2H3. The van der Waals surface area contributed by atoms with Gasteiger partial charge in [0.05, 0.1) is 7.11 Å². The van der Waals surface area contributed by atoms with Crippen LogP contribution in [0.3, 0.4) is 0 Å². The minimum absolute atomic E-state index is 0.534. The maximum atomic E-state index is 4.87. The van der Waals surface area contributed by atoms with Crippen LogP contribution < -0.4 is 10.8 Å². The van der Waals surface area contributed by atoms with Crippen molar-refractivity contribution in [1.29, 1.82) is 0 Å². The fourth-order valence-electron chi connectivity index (χ4n) is 1.34. The van der Waals surface area contributed by atoms with Gasteiger partial charge in [0.1, 0.15) is 0 Å². The maximum Gasteiger partial charge on any atom is 0.0572 e. The topological polar surface area (TPSA) is 33.3 Å². The Morgan fingerprint density at radius 1 is 1.60 bits per heavy atom. The first-order chi connectivity index (χ1) is 4.84. The quantitative estimate of drug-likeness (QED) is 0.541. The highest BCUT2D eigenvalue weighted by molar-refractivity contribution is 4.77. The SMILES string of the molecule is CONC1CCNCC1C. The Morgan fingerprint density at radius 3 is 3.00 bits per heavy atom. The van der Waals surface area contributed by atoms with Gasteiger partial charge in [-0.05, 0) is 25.4 Å². The predicted molar refractivity (Wildman–Crippen MR) is 40.6 cm³/mol.